The highest BCUT2D eigenvalue weighted by Crippen LogP contribution is 2.28. The van der Waals surface area contributed by atoms with Crippen LogP contribution in [0.25, 0.3) is 33.9 Å². The Labute approximate surface area is 271 Å². The number of aryl methyl sites for hydroxylation is 2. The van der Waals surface area contributed by atoms with E-state index in [1.54, 1.807) is 26.0 Å². The van der Waals surface area contributed by atoms with Gasteiger partial charge in [-0.25, -0.2) is 8.42 Å². The fourth-order valence-electron chi connectivity index (χ4n) is 5.58. The quantitative estimate of drug-likeness (QED) is 0.206. The molecule has 0 spiro atoms. The van der Waals surface area contributed by atoms with Gasteiger partial charge in [0, 0.05) is 11.4 Å². The van der Waals surface area contributed by atoms with Crippen LogP contribution in [0.4, 0.5) is 0 Å². The molecular formula is C38H26N4O4S. The molecule has 0 amide bonds. The van der Waals surface area contributed by atoms with Crippen LogP contribution in [0, 0.1) is 36.5 Å². The van der Waals surface area contributed by atoms with E-state index in [1.807, 2.05) is 72.8 Å². The van der Waals surface area contributed by atoms with Gasteiger partial charge in [0.05, 0.1) is 21.2 Å². The van der Waals surface area contributed by atoms with Gasteiger partial charge in [0.15, 0.2) is 0 Å². The van der Waals surface area contributed by atoms with Crippen LogP contribution in [0.15, 0.2) is 141 Å². The molecule has 0 saturated carbocycles. The Morgan fingerprint density at radius 2 is 0.872 bits per heavy atom. The lowest BCUT2D eigenvalue weighted by atomic mass is 10.1. The van der Waals surface area contributed by atoms with Crippen LogP contribution in [-0.4, -0.2) is 17.6 Å². The third kappa shape index (κ3) is 5.46. The Kier molecular flexibility index (Phi) is 8.00. The van der Waals surface area contributed by atoms with Gasteiger partial charge >= 0.3 is 0 Å². The topological polar surface area (TPSA) is 126 Å². The van der Waals surface area contributed by atoms with Crippen molar-refractivity contribution in [1.29, 1.82) is 10.5 Å². The van der Waals surface area contributed by atoms with Crippen LogP contribution < -0.4 is 11.1 Å². The van der Waals surface area contributed by atoms with Gasteiger partial charge in [-0.2, -0.15) is 10.5 Å². The highest BCUT2D eigenvalue weighted by Gasteiger charge is 2.21. The molecule has 47 heavy (non-hydrogen) atoms. The van der Waals surface area contributed by atoms with E-state index in [1.165, 1.54) is 57.7 Å². The number of nitriles is 2. The molecule has 0 aliphatic rings. The van der Waals surface area contributed by atoms with Gasteiger partial charge in [-0.3, -0.25) is 18.7 Å². The van der Waals surface area contributed by atoms with Gasteiger partial charge in [0.2, 0.25) is 9.84 Å². The van der Waals surface area contributed by atoms with E-state index in [2.05, 4.69) is 0 Å². The fraction of sp³-hybridized carbons (Fsp3) is 0.0526. The number of benzene rings is 4. The average molecular weight is 635 g/mol. The summed E-state index contributed by atoms with van der Waals surface area (Å²) in [5, 5.41) is 19.3. The number of sulfone groups is 1. The van der Waals surface area contributed by atoms with E-state index in [9.17, 15) is 28.5 Å². The second-order valence-corrected chi connectivity index (χ2v) is 12.9. The van der Waals surface area contributed by atoms with Crippen molar-refractivity contribution in [3.8, 4) is 46.0 Å². The van der Waals surface area contributed by atoms with E-state index < -0.39 is 21.0 Å². The molecule has 0 aliphatic carbocycles. The Morgan fingerprint density at radius 3 is 1.19 bits per heavy atom. The van der Waals surface area contributed by atoms with E-state index in [0.29, 0.717) is 33.9 Å². The van der Waals surface area contributed by atoms with Crippen molar-refractivity contribution >= 4 is 9.84 Å². The molecular weight excluding hydrogens is 609 g/mol. The average Bonchev–Trinajstić information content (AvgIpc) is 3.09. The van der Waals surface area contributed by atoms with E-state index in [4.69, 9.17) is 0 Å². The Morgan fingerprint density at radius 1 is 0.532 bits per heavy atom. The predicted molar refractivity (Wildman–Crippen MR) is 179 cm³/mol. The van der Waals surface area contributed by atoms with Crippen LogP contribution in [0.1, 0.15) is 22.3 Å². The smallest absolute Gasteiger partial charge is 0.273 e. The van der Waals surface area contributed by atoms with Gasteiger partial charge in [-0.15, -0.1) is 0 Å². The maximum Gasteiger partial charge on any atom is 0.273 e. The first kappa shape index (κ1) is 30.7. The van der Waals surface area contributed by atoms with Crippen molar-refractivity contribution in [3.05, 3.63) is 164 Å². The molecule has 0 atom stereocenters. The number of hydrogen-bond donors (Lipinski definition) is 0. The monoisotopic (exact) mass is 634 g/mol. The summed E-state index contributed by atoms with van der Waals surface area (Å²) in [5.41, 5.74) is 3.57. The SMILES string of the molecule is Cc1cc(-c2ccccc2)n(-c2ccc(S(=O)(=O)c3ccc(-n4c(-c5ccccc5)cc(C)c(C#N)c4=O)cc3)cc2)c(=O)c1C#N. The zero-order chi connectivity index (χ0) is 33.3. The summed E-state index contributed by atoms with van der Waals surface area (Å²) in [4.78, 5) is 26.9. The first-order valence-electron chi connectivity index (χ1n) is 14.6. The molecule has 4 aromatic carbocycles. The minimum absolute atomic E-state index is 0.000160. The van der Waals surface area contributed by atoms with Crippen LogP contribution >= 0.6 is 0 Å². The molecule has 0 bridgehead atoms. The third-order valence-corrected chi connectivity index (χ3v) is 9.77. The number of hydrogen-bond acceptors (Lipinski definition) is 6. The second kappa shape index (κ2) is 12.2. The summed E-state index contributed by atoms with van der Waals surface area (Å²) in [5.74, 6) is 0. The van der Waals surface area contributed by atoms with Crippen molar-refractivity contribution in [2.24, 2.45) is 0 Å². The molecule has 0 fully saturated rings. The molecule has 0 N–H and O–H groups in total. The molecule has 0 saturated heterocycles. The molecule has 9 heteroatoms. The predicted octanol–water partition coefficient (Wildman–Crippen LogP) is 6.52. The summed E-state index contributed by atoms with van der Waals surface area (Å²) >= 11 is 0. The lowest BCUT2D eigenvalue weighted by Gasteiger charge is -2.16. The zero-order valence-corrected chi connectivity index (χ0v) is 26.2. The fourth-order valence-corrected chi connectivity index (χ4v) is 6.84. The maximum atomic E-state index is 13.7. The number of rotatable bonds is 6. The molecule has 2 aromatic heterocycles. The van der Waals surface area contributed by atoms with Crippen molar-refractivity contribution in [1.82, 2.24) is 9.13 Å². The molecule has 228 valence electrons. The summed E-state index contributed by atoms with van der Waals surface area (Å²) in [6.45, 7) is 3.41. The minimum Gasteiger partial charge on any atom is -0.276 e. The van der Waals surface area contributed by atoms with Gasteiger partial charge in [0.25, 0.3) is 11.1 Å². The Balaban J connectivity index is 1.40. The highest BCUT2D eigenvalue weighted by atomic mass is 32.2. The summed E-state index contributed by atoms with van der Waals surface area (Å²) in [6.07, 6.45) is 0. The number of pyridine rings is 2. The summed E-state index contributed by atoms with van der Waals surface area (Å²) < 4.78 is 30.2. The van der Waals surface area contributed by atoms with Crippen LogP contribution in [0.5, 0.6) is 0 Å². The van der Waals surface area contributed by atoms with Crippen LogP contribution in [0.3, 0.4) is 0 Å². The minimum atomic E-state index is -4.00. The van der Waals surface area contributed by atoms with E-state index in [0.717, 1.165) is 11.1 Å². The molecule has 8 nitrogen and oxygen atoms in total. The second-order valence-electron chi connectivity index (χ2n) is 10.9. The van der Waals surface area contributed by atoms with Crippen molar-refractivity contribution in [2.75, 3.05) is 0 Å². The molecule has 0 radical (unpaired) electrons. The third-order valence-electron chi connectivity index (χ3n) is 7.98. The molecule has 0 unspecified atom stereocenters. The van der Waals surface area contributed by atoms with Crippen molar-refractivity contribution < 1.29 is 8.42 Å². The number of nitrogens with zero attached hydrogens (tertiary/aromatic N) is 4. The maximum absolute atomic E-state index is 13.7. The number of aromatic nitrogens is 2. The first-order chi connectivity index (χ1) is 22.6. The van der Waals surface area contributed by atoms with Gasteiger partial charge < -0.3 is 0 Å². The largest absolute Gasteiger partial charge is 0.276 e. The van der Waals surface area contributed by atoms with Crippen molar-refractivity contribution in [3.63, 3.8) is 0 Å². The first-order valence-corrected chi connectivity index (χ1v) is 16.0. The summed E-state index contributed by atoms with van der Waals surface area (Å²) in [6, 6.07) is 37.8. The van der Waals surface area contributed by atoms with Crippen LogP contribution in [-0.2, 0) is 9.84 Å². The van der Waals surface area contributed by atoms with Gasteiger partial charge in [-0.05, 0) is 96.8 Å². The summed E-state index contributed by atoms with van der Waals surface area (Å²) in [7, 11) is -4.00. The van der Waals surface area contributed by atoms with E-state index >= 15 is 0 Å². The van der Waals surface area contributed by atoms with E-state index in [-0.39, 0.29) is 20.9 Å². The Hall–Kier alpha value is -6.29. The lowest BCUT2D eigenvalue weighted by molar-refractivity contribution is 0.596. The molecule has 2 heterocycles. The van der Waals surface area contributed by atoms with Gasteiger partial charge in [-0.1, -0.05) is 60.7 Å². The molecule has 6 rings (SSSR count). The lowest BCUT2D eigenvalue weighted by Crippen LogP contribution is -2.24. The molecule has 0 aliphatic heterocycles. The van der Waals surface area contributed by atoms with Gasteiger partial charge in [0.1, 0.15) is 23.3 Å². The van der Waals surface area contributed by atoms with Crippen LogP contribution in [0.2, 0.25) is 0 Å². The zero-order valence-electron chi connectivity index (χ0n) is 25.4. The molecule has 6 aromatic rings. The van der Waals surface area contributed by atoms with Crippen molar-refractivity contribution in [2.45, 2.75) is 23.6 Å². The highest BCUT2D eigenvalue weighted by molar-refractivity contribution is 7.91. The standard InChI is InChI=1S/C38H26N4O4S/c1-25-21-35(27-9-5-3-6-10-27)41(37(43)33(25)23-39)29-13-17-31(18-14-29)47(45,46)32-19-15-30(16-20-32)42-36(28-11-7-4-8-12-28)22-26(2)34(24-40)38(42)44/h3-22H,1-2H3. The Bertz CT molecular complexity index is 2300. The normalized spacial score (nSPS) is 11.1.